The SMILES string of the molecule is CCn1c(SCC(=O)Nc2c(C)cc(C)cc2Cl)nnc1N1CCOCC1. The molecule has 0 saturated carbocycles. The topological polar surface area (TPSA) is 72.3 Å². The molecule has 0 bridgehead atoms. The number of morpholine rings is 1. The number of carbonyl (C=O) groups excluding carboxylic acids is 1. The summed E-state index contributed by atoms with van der Waals surface area (Å²) in [5.74, 6) is 0.957. The Labute approximate surface area is 168 Å². The normalized spacial score (nSPS) is 14.4. The number of thioether (sulfide) groups is 1. The number of carbonyl (C=O) groups is 1. The fourth-order valence-corrected chi connectivity index (χ4v) is 4.21. The highest BCUT2D eigenvalue weighted by atomic mass is 35.5. The van der Waals surface area contributed by atoms with Crippen LogP contribution in [0.1, 0.15) is 18.1 Å². The molecule has 1 N–H and O–H groups in total. The first-order valence-corrected chi connectivity index (χ1v) is 10.3. The van der Waals surface area contributed by atoms with Gasteiger partial charge in [-0.1, -0.05) is 29.4 Å². The van der Waals surface area contributed by atoms with Gasteiger partial charge in [-0.2, -0.15) is 0 Å². The lowest BCUT2D eigenvalue weighted by molar-refractivity contribution is -0.113. The molecule has 146 valence electrons. The van der Waals surface area contributed by atoms with Crippen LogP contribution >= 0.6 is 23.4 Å². The summed E-state index contributed by atoms with van der Waals surface area (Å²) in [6.45, 7) is 9.69. The summed E-state index contributed by atoms with van der Waals surface area (Å²) >= 11 is 7.64. The van der Waals surface area contributed by atoms with Gasteiger partial charge < -0.3 is 15.0 Å². The molecular formula is C18H24ClN5O2S. The van der Waals surface area contributed by atoms with Gasteiger partial charge in [0.05, 0.1) is 29.7 Å². The van der Waals surface area contributed by atoms with E-state index in [2.05, 4.69) is 20.4 Å². The second-order valence-electron chi connectivity index (χ2n) is 6.40. The smallest absolute Gasteiger partial charge is 0.234 e. The average molecular weight is 410 g/mol. The summed E-state index contributed by atoms with van der Waals surface area (Å²) in [5.41, 5.74) is 2.68. The molecule has 1 aromatic carbocycles. The van der Waals surface area contributed by atoms with Crippen molar-refractivity contribution < 1.29 is 9.53 Å². The highest BCUT2D eigenvalue weighted by Crippen LogP contribution is 2.28. The van der Waals surface area contributed by atoms with Crippen molar-refractivity contribution in [3.05, 3.63) is 28.3 Å². The van der Waals surface area contributed by atoms with Crippen molar-refractivity contribution in [1.82, 2.24) is 14.8 Å². The molecule has 1 aromatic heterocycles. The van der Waals surface area contributed by atoms with E-state index in [1.807, 2.05) is 37.5 Å². The lowest BCUT2D eigenvalue weighted by Gasteiger charge is -2.27. The minimum atomic E-state index is -0.118. The Bertz CT molecular complexity index is 797. The molecule has 0 spiro atoms. The molecule has 27 heavy (non-hydrogen) atoms. The standard InChI is InChI=1S/C18H24ClN5O2S/c1-4-24-17(23-5-7-26-8-6-23)21-22-18(24)27-11-15(25)20-16-13(3)9-12(2)10-14(16)19/h9-10H,4-8,11H2,1-3H3,(H,20,25). The fourth-order valence-electron chi connectivity index (χ4n) is 3.04. The minimum absolute atomic E-state index is 0.118. The minimum Gasteiger partial charge on any atom is -0.378 e. The van der Waals surface area contributed by atoms with Crippen molar-refractivity contribution in [3.63, 3.8) is 0 Å². The Kier molecular flexibility index (Phi) is 6.62. The molecule has 1 aliphatic rings. The van der Waals surface area contributed by atoms with Crippen molar-refractivity contribution >= 4 is 40.9 Å². The van der Waals surface area contributed by atoms with Gasteiger partial charge in [-0.05, 0) is 38.0 Å². The van der Waals surface area contributed by atoms with Crippen LogP contribution < -0.4 is 10.2 Å². The molecule has 7 nitrogen and oxygen atoms in total. The van der Waals surface area contributed by atoms with Gasteiger partial charge in [-0.15, -0.1) is 10.2 Å². The molecule has 0 unspecified atom stereocenters. The first-order valence-electron chi connectivity index (χ1n) is 8.95. The molecular weight excluding hydrogens is 386 g/mol. The third-order valence-corrected chi connectivity index (χ3v) is 5.60. The van der Waals surface area contributed by atoms with Gasteiger partial charge in [-0.25, -0.2) is 0 Å². The van der Waals surface area contributed by atoms with E-state index in [1.165, 1.54) is 11.8 Å². The number of hydrogen-bond acceptors (Lipinski definition) is 6. The van der Waals surface area contributed by atoms with E-state index in [4.69, 9.17) is 16.3 Å². The van der Waals surface area contributed by atoms with Crippen LogP contribution in [0.4, 0.5) is 11.6 Å². The molecule has 0 atom stereocenters. The average Bonchev–Trinajstić information content (AvgIpc) is 3.06. The van der Waals surface area contributed by atoms with Crippen LogP contribution in [0.25, 0.3) is 0 Å². The van der Waals surface area contributed by atoms with Crippen molar-refractivity contribution in [1.29, 1.82) is 0 Å². The van der Waals surface area contributed by atoms with Crippen molar-refractivity contribution in [2.75, 3.05) is 42.3 Å². The summed E-state index contributed by atoms with van der Waals surface area (Å²) < 4.78 is 7.43. The zero-order chi connectivity index (χ0) is 19.4. The van der Waals surface area contributed by atoms with E-state index in [-0.39, 0.29) is 11.7 Å². The van der Waals surface area contributed by atoms with Gasteiger partial charge in [0, 0.05) is 19.6 Å². The number of hydrogen-bond donors (Lipinski definition) is 1. The van der Waals surface area contributed by atoms with E-state index in [9.17, 15) is 4.79 Å². The zero-order valence-corrected chi connectivity index (χ0v) is 17.4. The fraction of sp³-hybridized carbons (Fsp3) is 0.500. The molecule has 1 fully saturated rings. The lowest BCUT2D eigenvalue weighted by atomic mass is 10.1. The zero-order valence-electron chi connectivity index (χ0n) is 15.8. The molecule has 1 saturated heterocycles. The number of rotatable bonds is 6. The van der Waals surface area contributed by atoms with Gasteiger partial charge in [-0.3, -0.25) is 9.36 Å². The Morgan fingerprint density at radius 2 is 2.04 bits per heavy atom. The number of aryl methyl sites for hydroxylation is 2. The summed E-state index contributed by atoms with van der Waals surface area (Å²) in [6, 6.07) is 3.84. The highest BCUT2D eigenvalue weighted by Gasteiger charge is 2.20. The highest BCUT2D eigenvalue weighted by molar-refractivity contribution is 7.99. The molecule has 1 amide bonds. The summed E-state index contributed by atoms with van der Waals surface area (Å²) in [4.78, 5) is 14.6. The summed E-state index contributed by atoms with van der Waals surface area (Å²) in [6.07, 6.45) is 0. The Morgan fingerprint density at radius 3 is 2.70 bits per heavy atom. The lowest BCUT2D eigenvalue weighted by Crippen LogP contribution is -2.38. The molecule has 2 aromatic rings. The number of nitrogens with one attached hydrogen (secondary N) is 1. The Morgan fingerprint density at radius 1 is 1.30 bits per heavy atom. The third-order valence-electron chi connectivity index (χ3n) is 4.34. The summed E-state index contributed by atoms with van der Waals surface area (Å²) in [5, 5.41) is 12.8. The second kappa shape index (κ2) is 8.95. The van der Waals surface area contributed by atoms with Gasteiger partial charge in [0.1, 0.15) is 0 Å². The first kappa shape index (κ1) is 20.0. The van der Waals surface area contributed by atoms with E-state index in [0.717, 1.165) is 41.9 Å². The maximum absolute atomic E-state index is 12.4. The van der Waals surface area contributed by atoms with Gasteiger partial charge >= 0.3 is 0 Å². The number of aromatic nitrogens is 3. The molecule has 0 aliphatic carbocycles. The predicted octanol–water partition coefficient (Wildman–Crippen LogP) is 3.14. The van der Waals surface area contributed by atoms with Crippen LogP contribution in [0.2, 0.25) is 5.02 Å². The van der Waals surface area contributed by atoms with Crippen LogP contribution in [-0.2, 0) is 16.1 Å². The number of halogens is 1. The van der Waals surface area contributed by atoms with Crippen LogP contribution in [0.3, 0.4) is 0 Å². The number of nitrogens with zero attached hydrogens (tertiary/aromatic N) is 4. The van der Waals surface area contributed by atoms with Crippen LogP contribution in [0, 0.1) is 13.8 Å². The number of amides is 1. The number of anilines is 2. The van der Waals surface area contributed by atoms with E-state index in [1.54, 1.807) is 0 Å². The number of ether oxygens (including phenoxy) is 1. The third kappa shape index (κ3) is 4.75. The maximum Gasteiger partial charge on any atom is 0.234 e. The number of benzene rings is 1. The van der Waals surface area contributed by atoms with Gasteiger partial charge in [0.25, 0.3) is 0 Å². The Balaban J connectivity index is 1.64. The van der Waals surface area contributed by atoms with Crippen molar-refractivity contribution in [2.24, 2.45) is 0 Å². The van der Waals surface area contributed by atoms with Crippen LogP contribution in [0.5, 0.6) is 0 Å². The first-order chi connectivity index (χ1) is 13.0. The van der Waals surface area contributed by atoms with E-state index >= 15 is 0 Å². The van der Waals surface area contributed by atoms with Gasteiger partial charge in [0.2, 0.25) is 11.9 Å². The van der Waals surface area contributed by atoms with Crippen LogP contribution in [0.15, 0.2) is 17.3 Å². The predicted molar refractivity (Wildman–Crippen MR) is 109 cm³/mol. The van der Waals surface area contributed by atoms with Crippen molar-refractivity contribution in [2.45, 2.75) is 32.5 Å². The maximum atomic E-state index is 12.4. The quantitative estimate of drug-likeness (QED) is 0.739. The van der Waals surface area contributed by atoms with Crippen molar-refractivity contribution in [3.8, 4) is 0 Å². The van der Waals surface area contributed by atoms with Crippen LogP contribution in [-0.4, -0.2) is 52.7 Å². The largest absolute Gasteiger partial charge is 0.378 e. The summed E-state index contributed by atoms with van der Waals surface area (Å²) in [7, 11) is 0. The van der Waals surface area contributed by atoms with E-state index in [0.29, 0.717) is 23.9 Å². The molecule has 3 rings (SSSR count). The molecule has 1 aliphatic heterocycles. The molecule has 0 radical (unpaired) electrons. The second-order valence-corrected chi connectivity index (χ2v) is 7.75. The molecule has 9 heteroatoms. The molecule has 2 heterocycles. The van der Waals surface area contributed by atoms with Gasteiger partial charge in [0.15, 0.2) is 5.16 Å². The monoisotopic (exact) mass is 409 g/mol. The Hall–Kier alpha value is -1.77. The van der Waals surface area contributed by atoms with E-state index < -0.39 is 0 Å².